The van der Waals surface area contributed by atoms with Crippen LogP contribution in [0.4, 0.5) is 0 Å². The largest absolute Gasteiger partial charge is 0.462 e. The lowest BCUT2D eigenvalue weighted by molar-refractivity contribution is -0.167. The van der Waals surface area contributed by atoms with E-state index in [1.807, 2.05) is 0 Å². The summed E-state index contributed by atoms with van der Waals surface area (Å²) in [6, 6.07) is 0. The zero-order valence-electron chi connectivity index (χ0n) is 52.9. The first-order valence-electron chi connectivity index (χ1n) is 34.8. The maximum atomic E-state index is 12.9. The quantitative estimate of drug-likeness (QED) is 0.0261. The maximum absolute atomic E-state index is 12.9. The zero-order valence-corrected chi connectivity index (χ0v) is 52.9. The van der Waals surface area contributed by atoms with Gasteiger partial charge in [-0.1, -0.05) is 306 Å². The van der Waals surface area contributed by atoms with E-state index in [1.54, 1.807) is 0 Å². The normalized spacial score (nSPS) is 12.4. The number of ether oxygens (including phenoxy) is 3. The number of esters is 3. The van der Waals surface area contributed by atoms with E-state index in [4.69, 9.17) is 14.2 Å². The van der Waals surface area contributed by atoms with E-state index in [2.05, 4.69) is 81.5 Å². The Bertz CT molecular complexity index is 1410. The average Bonchev–Trinajstić information content (AvgIpc) is 3.45. The molecule has 460 valence electrons. The first-order chi connectivity index (χ1) is 39.0. The van der Waals surface area contributed by atoms with Crippen LogP contribution in [0.25, 0.3) is 0 Å². The van der Waals surface area contributed by atoms with Gasteiger partial charge in [0.05, 0.1) is 0 Å². The molecule has 0 bridgehead atoms. The Labute approximate surface area is 491 Å². The molecular weight excluding hydrogens is 973 g/mol. The fraction of sp³-hybridized carbons (Fsp3) is 0.822. The minimum atomic E-state index is -0.787. The molecule has 0 aliphatic heterocycles. The van der Waals surface area contributed by atoms with Crippen LogP contribution in [0.15, 0.2) is 60.8 Å². The third-order valence-electron chi connectivity index (χ3n) is 15.4. The van der Waals surface area contributed by atoms with Crippen molar-refractivity contribution < 1.29 is 28.6 Å². The highest BCUT2D eigenvalue weighted by atomic mass is 16.6. The number of carbonyl (C=O) groups excluding carboxylic acids is 3. The van der Waals surface area contributed by atoms with Gasteiger partial charge in [0.25, 0.3) is 0 Å². The van der Waals surface area contributed by atoms with E-state index >= 15 is 0 Å². The monoisotopic (exact) mass is 1110 g/mol. The van der Waals surface area contributed by atoms with Gasteiger partial charge in [0.15, 0.2) is 6.10 Å². The second-order valence-corrected chi connectivity index (χ2v) is 23.4. The highest BCUT2D eigenvalue weighted by Gasteiger charge is 2.19. The predicted octanol–water partition coefficient (Wildman–Crippen LogP) is 23.9. The smallest absolute Gasteiger partial charge is 0.306 e. The van der Waals surface area contributed by atoms with E-state index in [0.29, 0.717) is 19.3 Å². The molecule has 6 heteroatoms. The van der Waals surface area contributed by atoms with E-state index in [-0.39, 0.29) is 31.1 Å². The molecule has 0 N–H and O–H groups in total. The maximum Gasteiger partial charge on any atom is 0.306 e. The van der Waals surface area contributed by atoms with Crippen LogP contribution in [0.2, 0.25) is 0 Å². The van der Waals surface area contributed by atoms with E-state index in [1.165, 1.54) is 218 Å². The number of allylic oxidation sites excluding steroid dienone is 10. The summed E-state index contributed by atoms with van der Waals surface area (Å²) in [6.45, 7) is 6.57. The van der Waals surface area contributed by atoms with Gasteiger partial charge in [-0.15, -0.1) is 0 Å². The molecule has 1 atom stereocenters. The van der Waals surface area contributed by atoms with Crippen LogP contribution in [-0.4, -0.2) is 37.2 Å². The summed E-state index contributed by atoms with van der Waals surface area (Å²) < 4.78 is 16.9. The van der Waals surface area contributed by atoms with Gasteiger partial charge in [-0.05, 0) is 103 Å². The van der Waals surface area contributed by atoms with Gasteiger partial charge < -0.3 is 14.2 Å². The van der Waals surface area contributed by atoms with Gasteiger partial charge in [-0.2, -0.15) is 0 Å². The fourth-order valence-corrected chi connectivity index (χ4v) is 10.2. The summed E-state index contributed by atoms with van der Waals surface area (Å²) in [5, 5.41) is 0. The Kier molecular flexibility index (Phi) is 65.1. The number of hydrogen-bond donors (Lipinski definition) is 0. The summed E-state index contributed by atoms with van der Waals surface area (Å²) in [6.07, 6.45) is 87.0. The molecule has 0 aromatic rings. The molecule has 0 saturated heterocycles. The molecular formula is C73H132O6. The van der Waals surface area contributed by atoms with Crippen molar-refractivity contribution in [2.24, 2.45) is 0 Å². The van der Waals surface area contributed by atoms with Crippen LogP contribution in [0.1, 0.15) is 367 Å². The molecule has 0 heterocycles. The number of rotatable bonds is 64. The van der Waals surface area contributed by atoms with Gasteiger partial charge in [-0.25, -0.2) is 0 Å². The van der Waals surface area contributed by atoms with Crippen molar-refractivity contribution in [3.8, 4) is 0 Å². The molecule has 0 aromatic carbocycles. The molecule has 0 fully saturated rings. The molecule has 6 nitrogen and oxygen atoms in total. The Morgan fingerprint density at radius 1 is 0.253 bits per heavy atom. The standard InChI is InChI=1S/C73H132O6/c1-4-7-10-13-16-19-22-25-27-28-29-30-31-32-33-34-35-36-37-38-39-40-41-42-43-44-46-48-51-54-57-60-63-66-72(75)78-69-70(68-77-71(74)65-62-59-56-53-50-47-24-21-18-15-12-9-6-3)79-73(76)67-64-61-58-55-52-49-45-26-23-20-17-14-11-8-5-2/h12,15,17,20-21,24,26,28-29,45,70H,4-11,13-14,16,18-19,22-23,25,27,30-44,46-69H2,1-3H3/b15-12-,20-17-,24-21-,29-28-,45-26-. The fourth-order valence-electron chi connectivity index (χ4n) is 10.2. The summed E-state index contributed by atoms with van der Waals surface area (Å²) in [5.74, 6) is -0.893. The molecule has 0 spiro atoms. The van der Waals surface area contributed by atoms with Gasteiger partial charge in [-0.3, -0.25) is 14.4 Å². The Hall–Kier alpha value is -2.89. The molecule has 0 aromatic heterocycles. The summed E-state index contributed by atoms with van der Waals surface area (Å²) >= 11 is 0. The SMILES string of the molecule is CCC/C=C\C/C=C\CCCCCCCC(=O)OCC(COC(=O)CCCCCCCCCCCCCCCCCCCCCCC/C=C\CCCCCCCCCC)OC(=O)CCCCCCC/C=C\C/C=C\CCCCC. The minimum Gasteiger partial charge on any atom is -0.462 e. The van der Waals surface area contributed by atoms with Crippen LogP contribution in [-0.2, 0) is 28.6 Å². The van der Waals surface area contributed by atoms with Crippen molar-refractivity contribution >= 4 is 17.9 Å². The lowest BCUT2D eigenvalue weighted by Gasteiger charge is -2.18. The minimum absolute atomic E-state index is 0.0815. The van der Waals surface area contributed by atoms with E-state index in [9.17, 15) is 14.4 Å². The molecule has 0 rings (SSSR count). The zero-order chi connectivity index (χ0) is 57.1. The summed E-state index contributed by atoms with van der Waals surface area (Å²) in [5.41, 5.74) is 0. The van der Waals surface area contributed by atoms with Gasteiger partial charge in [0.2, 0.25) is 0 Å². The van der Waals surface area contributed by atoms with Crippen molar-refractivity contribution in [2.75, 3.05) is 13.2 Å². The van der Waals surface area contributed by atoms with Crippen LogP contribution < -0.4 is 0 Å². The molecule has 0 saturated carbocycles. The highest BCUT2D eigenvalue weighted by Crippen LogP contribution is 2.18. The predicted molar refractivity (Wildman–Crippen MR) is 344 cm³/mol. The van der Waals surface area contributed by atoms with Crippen LogP contribution in [0.5, 0.6) is 0 Å². The number of hydrogen-bond acceptors (Lipinski definition) is 6. The second kappa shape index (κ2) is 67.6. The lowest BCUT2D eigenvalue weighted by Crippen LogP contribution is -2.30. The molecule has 0 aliphatic carbocycles. The second-order valence-electron chi connectivity index (χ2n) is 23.4. The third-order valence-corrected chi connectivity index (χ3v) is 15.4. The Balaban J connectivity index is 4.10. The van der Waals surface area contributed by atoms with Crippen molar-refractivity contribution in [2.45, 2.75) is 374 Å². The molecule has 79 heavy (non-hydrogen) atoms. The van der Waals surface area contributed by atoms with Crippen LogP contribution >= 0.6 is 0 Å². The topological polar surface area (TPSA) is 78.9 Å². The summed E-state index contributed by atoms with van der Waals surface area (Å²) in [7, 11) is 0. The van der Waals surface area contributed by atoms with Crippen LogP contribution in [0.3, 0.4) is 0 Å². The van der Waals surface area contributed by atoms with E-state index in [0.717, 1.165) is 109 Å². The Morgan fingerprint density at radius 3 is 0.785 bits per heavy atom. The number of unbranched alkanes of at least 4 members (excludes halogenated alkanes) is 43. The molecule has 1 unspecified atom stereocenters. The van der Waals surface area contributed by atoms with Gasteiger partial charge >= 0.3 is 17.9 Å². The van der Waals surface area contributed by atoms with Crippen LogP contribution in [0, 0.1) is 0 Å². The first-order valence-corrected chi connectivity index (χ1v) is 34.8. The van der Waals surface area contributed by atoms with Gasteiger partial charge in [0, 0.05) is 19.3 Å². The van der Waals surface area contributed by atoms with Gasteiger partial charge in [0.1, 0.15) is 13.2 Å². The molecule has 0 amide bonds. The first kappa shape index (κ1) is 76.1. The highest BCUT2D eigenvalue weighted by molar-refractivity contribution is 5.71. The van der Waals surface area contributed by atoms with E-state index < -0.39 is 6.10 Å². The van der Waals surface area contributed by atoms with Crippen molar-refractivity contribution in [1.29, 1.82) is 0 Å². The molecule has 0 aliphatic rings. The van der Waals surface area contributed by atoms with Crippen molar-refractivity contribution in [3.63, 3.8) is 0 Å². The van der Waals surface area contributed by atoms with Crippen molar-refractivity contribution in [1.82, 2.24) is 0 Å². The molecule has 0 radical (unpaired) electrons. The average molecular weight is 1110 g/mol. The summed E-state index contributed by atoms with van der Waals surface area (Å²) in [4.78, 5) is 38.3. The Morgan fingerprint density at radius 2 is 0.481 bits per heavy atom. The van der Waals surface area contributed by atoms with Crippen molar-refractivity contribution in [3.05, 3.63) is 60.8 Å². The lowest BCUT2D eigenvalue weighted by atomic mass is 10.0. The number of carbonyl (C=O) groups is 3. The third kappa shape index (κ3) is 65.8.